The minimum Gasteiger partial charge on any atom is -0.491 e. The third kappa shape index (κ3) is 6.09. The van der Waals surface area contributed by atoms with E-state index in [4.69, 9.17) is 4.74 Å². The maximum atomic E-state index is 13.8. The zero-order valence-corrected chi connectivity index (χ0v) is 21.2. The van der Waals surface area contributed by atoms with Gasteiger partial charge in [0.25, 0.3) is 5.91 Å². The number of halogens is 1. The van der Waals surface area contributed by atoms with E-state index in [1.54, 1.807) is 17.4 Å². The summed E-state index contributed by atoms with van der Waals surface area (Å²) in [7, 11) is 0. The summed E-state index contributed by atoms with van der Waals surface area (Å²) in [5.41, 5.74) is 2.50. The van der Waals surface area contributed by atoms with Crippen LogP contribution in [-0.2, 0) is 11.2 Å². The molecule has 0 N–H and O–H groups in total. The SMILES string of the molecule is Cc1ccc(OC[C@@H]2c3ccsc3CCN2C(=O)CN(CC(C)C)C(=O)c2cccc(F)c2)cc1. The molecule has 0 fully saturated rings. The Labute approximate surface area is 210 Å². The maximum Gasteiger partial charge on any atom is 0.254 e. The number of thiophene rings is 1. The van der Waals surface area contributed by atoms with Crippen LogP contribution in [0, 0.1) is 18.7 Å². The molecule has 184 valence electrons. The van der Waals surface area contributed by atoms with Gasteiger partial charge in [-0.3, -0.25) is 9.59 Å². The lowest BCUT2D eigenvalue weighted by Gasteiger charge is -2.37. The van der Waals surface area contributed by atoms with Gasteiger partial charge in [-0.05, 0) is 66.6 Å². The molecule has 0 spiro atoms. The quantitative estimate of drug-likeness (QED) is 0.416. The van der Waals surface area contributed by atoms with E-state index >= 15 is 0 Å². The Bertz CT molecular complexity index is 1170. The summed E-state index contributed by atoms with van der Waals surface area (Å²) in [6.45, 7) is 7.26. The van der Waals surface area contributed by atoms with Crippen molar-refractivity contribution in [3.63, 3.8) is 0 Å². The van der Waals surface area contributed by atoms with Crippen LogP contribution in [0.25, 0.3) is 0 Å². The van der Waals surface area contributed by atoms with Crippen molar-refractivity contribution >= 4 is 23.2 Å². The third-order valence-electron chi connectivity index (χ3n) is 6.11. The summed E-state index contributed by atoms with van der Waals surface area (Å²) < 4.78 is 19.9. The molecule has 2 amide bonds. The Morgan fingerprint density at radius 1 is 1.17 bits per heavy atom. The van der Waals surface area contributed by atoms with E-state index in [1.165, 1.54) is 28.0 Å². The first kappa shape index (κ1) is 24.9. The molecule has 0 saturated carbocycles. The topological polar surface area (TPSA) is 49.9 Å². The predicted octanol–water partition coefficient (Wildman–Crippen LogP) is 5.50. The van der Waals surface area contributed by atoms with Gasteiger partial charge in [0.15, 0.2) is 0 Å². The second-order valence-electron chi connectivity index (χ2n) is 9.37. The molecule has 0 unspecified atom stereocenters. The first-order chi connectivity index (χ1) is 16.8. The van der Waals surface area contributed by atoms with Crippen LogP contribution in [0.3, 0.4) is 0 Å². The van der Waals surface area contributed by atoms with Gasteiger partial charge in [0.2, 0.25) is 5.91 Å². The summed E-state index contributed by atoms with van der Waals surface area (Å²) in [5.74, 6) is -0.0307. The maximum absolute atomic E-state index is 13.8. The number of carbonyl (C=O) groups is 2. The first-order valence-corrected chi connectivity index (χ1v) is 12.8. The zero-order valence-electron chi connectivity index (χ0n) is 20.4. The Hall–Kier alpha value is -3.19. The first-order valence-electron chi connectivity index (χ1n) is 11.9. The number of aryl methyl sites for hydroxylation is 1. The number of nitrogens with zero attached hydrogens (tertiary/aromatic N) is 2. The highest BCUT2D eigenvalue weighted by molar-refractivity contribution is 7.10. The Balaban J connectivity index is 1.53. The van der Waals surface area contributed by atoms with Crippen LogP contribution >= 0.6 is 11.3 Å². The highest BCUT2D eigenvalue weighted by Crippen LogP contribution is 2.34. The van der Waals surface area contributed by atoms with E-state index in [-0.39, 0.29) is 35.9 Å². The van der Waals surface area contributed by atoms with Crippen molar-refractivity contribution in [2.45, 2.75) is 33.2 Å². The van der Waals surface area contributed by atoms with Crippen molar-refractivity contribution in [3.8, 4) is 5.75 Å². The fraction of sp³-hybridized carbons (Fsp3) is 0.357. The van der Waals surface area contributed by atoms with Crippen LogP contribution < -0.4 is 4.74 Å². The monoisotopic (exact) mass is 494 g/mol. The number of amides is 2. The minimum atomic E-state index is -0.471. The molecular weight excluding hydrogens is 463 g/mol. The van der Waals surface area contributed by atoms with Crippen LogP contribution in [0.4, 0.5) is 4.39 Å². The number of fused-ring (bicyclic) bond motifs is 1. The normalized spacial score (nSPS) is 15.1. The summed E-state index contributed by atoms with van der Waals surface area (Å²) in [6, 6.07) is 15.3. The van der Waals surface area contributed by atoms with Crippen molar-refractivity contribution in [2.75, 3.05) is 26.2 Å². The van der Waals surface area contributed by atoms with Gasteiger partial charge in [0, 0.05) is 23.5 Å². The fourth-order valence-corrected chi connectivity index (χ4v) is 5.33. The van der Waals surface area contributed by atoms with Gasteiger partial charge in [-0.15, -0.1) is 11.3 Å². The van der Waals surface area contributed by atoms with Crippen molar-refractivity contribution in [3.05, 3.63) is 87.4 Å². The molecule has 0 bridgehead atoms. The number of hydrogen-bond acceptors (Lipinski definition) is 4. The third-order valence-corrected chi connectivity index (χ3v) is 7.11. The standard InChI is InChI=1S/C28H31FN2O3S/c1-19(2)16-30(28(33)21-5-4-6-22(29)15-21)17-27(32)31-13-11-26-24(12-14-35-26)25(31)18-34-23-9-7-20(3)8-10-23/h4-10,12,14-15,19,25H,11,13,16-18H2,1-3H3/t25-/m1/s1. The molecule has 4 rings (SSSR count). The molecule has 2 heterocycles. The molecule has 0 saturated heterocycles. The molecule has 0 radical (unpaired) electrons. The zero-order chi connectivity index (χ0) is 24.9. The van der Waals surface area contributed by atoms with Crippen LogP contribution in [-0.4, -0.2) is 47.9 Å². The van der Waals surface area contributed by atoms with Crippen molar-refractivity contribution in [1.29, 1.82) is 0 Å². The highest BCUT2D eigenvalue weighted by Gasteiger charge is 2.33. The van der Waals surface area contributed by atoms with Crippen molar-refractivity contribution < 1.29 is 18.7 Å². The van der Waals surface area contributed by atoms with Crippen LogP contribution in [0.5, 0.6) is 5.75 Å². The minimum absolute atomic E-state index is 0.0615. The molecule has 35 heavy (non-hydrogen) atoms. The molecular formula is C28H31FN2O3S. The number of rotatable bonds is 8. The van der Waals surface area contributed by atoms with Gasteiger partial charge in [0.05, 0.1) is 6.04 Å². The molecule has 3 aromatic rings. The largest absolute Gasteiger partial charge is 0.491 e. The lowest BCUT2D eigenvalue weighted by molar-refractivity contribution is -0.135. The second kappa shape index (κ2) is 11.0. The summed E-state index contributed by atoms with van der Waals surface area (Å²) in [6.07, 6.45) is 0.780. The van der Waals surface area contributed by atoms with E-state index in [0.717, 1.165) is 23.3 Å². The van der Waals surface area contributed by atoms with E-state index in [1.807, 2.05) is 49.9 Å². The summed E-state index contributed by atoms with van der Waals surface area (Å²) in [5, 5.41) is 2.05. The predicted molar refractivity (Wildman–Crippen MR) is 136 cm³/mol. The Morgan fingerprint density at radius 3 is 2.66 bits per heavy atom. The summed E-state index contributed by atoms with van der Waals surface area (Å²) in [4.78, 5) is 31.4. The van der Waals surface area contributed by atoms with E-state index in [0.29, 0.717) is 19.7 Å². The molecule has 2 aromatic carbocycles. The van der Waals surface area contributed by atoms with Crippen LogP contribution in [0.15, 0.2) is 60.0 Å². The molecule has 1 aliphatic heterocycles. The lowest BCUT2D eigenvalue weighted by Crippen LogP contribution is -2.48. The van der Waals surface area contributed by atoms with Crippen molar-refractivity contribution in [2.24, 2.45) is 5.92 Å². The average Bonchev–Trinajstić information content (AvgIpc) is 3.31. The number of carbonyl (C=O) groups excluding carboxylic acids is 2. The van der Waals surface area contributed by atoms with E-state index in [2.05, 4.69) is 11.4 Å². The van der Waals surface area contributed by atoms with Gasteiger partial charge in [0.1, 0.15) is 24.7 Å². The van der Waals surface area contributed by atoms with Crippen molar-refractivity contribution in [1.82, 2.24) is 9.80 Å². The lowest BCUT2D eigenvalue weighted by atomic mass is 10.00. The molecule has 5 nitrogen and oxygen atoms in total. The molecule has 1 aromatic heterocycles. The fourth-order valence-electron chi connectivity index (χ4n) is 4.40. The van der Waals surface area contributed by atoms with Crippen LogP contribution in [0.2, 0.25) is 0 Å². The molecule has 7 heteroatoms. The number of hydrogen-bond donors (Lipinski definition) is 0. The second-order valence-corrected chi connectivity index (χ2v) is 10.4. The Morgan fingerprint density at radius 2 is 1.94 bits per heavy atom. The van der Waals surface area contributed by atoms with Gasteiger partial charge in [-0.1, -0.05) is 37.6 Å². The van der Waals surface area contributed by atoms with Gasteiger partial charge >= 0.3 is 0 Å². The molecule has 0 aliphatic carbocycles. The summed E-state index contributed by atoms with van der Waals surface area (Å²) >= 11 is 1.70. The number of benzene rings is 2. The van der Waals surface area contributed by atoms with E-state index < -0.39 is 5.82 Å². The smallest absolute Gasteiger partial charge is 0.254 e. The molecule has 1 aliphatic rings. The highest BCUT2D eigenvalue weighted by atomic mass is 32.1. The molecule has 1 atom stereocenters. The Kier molecular flexibility index (Phi) is 7.86. The van der Waals surface area contributed by atoms with E-state index in [9.17, 15) is 14.0 Å². The van der Waals surface area contributed by atoms with Gasteiger partial charge < -0.3 is 14.5 Å². The number of ether oxygens (including phenoxy) is 1. The van der Waals surface area contributed by atoms with Gasteiger partial charge in [-0.2, -0.15) is 0 Å². The average molecular weight is 495 g/mol. The van der Waals surface area contributed by atoms with Crippen LogP contribution in [0.1, 0.15) is 46.3 Å². The van der Waals surface area contributed by atoms with Gasteiger partial charge in [-0.25, -0.2) is 4.39 Å².